The third-order valence-electron chi connectivity index (χ3n) is 4.62. The minimum absolute atomic E-state index is 0.0933. The number of alkyl halides is 3. The van der Waals surface area contributed by atoms with Crippen LogP contribution in [0.25, 0.3) is 0 Å². The second-order valence-corrected chi connectivity index (χ2v) is 7.73. The van der Waals surface area contributed by atoms with Crippen molar-refractivity contribution in [3.63, 3.8) is 0 Å². The molecule has 0 radical (unpaired) electrons. The Morgan fingerprint density at radius 2 is 1.96 bits per heavy atom. The Balaban J connectivity index is 2.39. The number of anilines is 1. The average Bonchev–Trinajstić information content (AvgIpc) is 2.99. The lowest BCUT2D eigenvalue weighted by Gasteiger charge is -2.31. The number of hydrogen-bond donors (Lipinski definition) is 2. The third kappa shape index (κ3) is 5.22. The van der Waals surface area contributed by atoms with Crippen molar-refractivity contribution in [3.05, 3.63) is 29.3 Å². The number of carbonyl (C=O) groups is 2. The van der Waals surface area contributed by atoms with Gasteiger partial charge >= 0.3 is 6.18 Å². The summed E-state index contributed by atoms with van der Waals surface area (Å²) in [6, 6.07) is 3.06. The van der Waals surface area contributed by atoms with E-state index in [0.717, 1.165) is 12.1 Å². The van der Waals surface area contributed by atoms with Gasteiger partial charge in [0.05, 0.1) is 5.56 Å². The molecule has 1 aromatic carbocycles. The normalized spacial score (nSPS) is 17.3. The topological polar surface area (TPSA) is 75.4 Å². The summed E-state index contributed by atoms with van der Waals surface area (Å²) in [6.45, 7) is 6.22. The maximum atomic E-state index is 13.3. The molecule has 27 heavy (non-hydrogen) atoms. The van der Waals surface area contributed by atoms with Crippen molar-refractivity contribution in [2.75, 3.05) is 18.0 Å². The van der Waals surface area contributed by atoms with Gasteiger partial charge in [0, 0.05) is 36.3 Å². The fraction of sp³-hybridized carbons (Fsp3) is 0.579. The van der Waals surface area contributed by atoms with E-state index in [-0.39, 0.29) is 36.0 Å². The zero-order chi connectivity index (χ0) is 20.4. The van der Waals surface area contributed by atoms with Crippen LogP contribution >= 0.6 is 0 Å². The first-order valence-electron chi connectivity index (χ1n) is 9.00. The van der Waals surface area contributed by atoms with Crippen molar-refractivity contribution in [1.29, 1.82) is 0 Å². The van der Waals surface area contributed by atoms with Crippen LogP contribution < -0.4 is 16.0 Å². The molecule has 1 fully saturated rings. The van der Waals surface area contributed by atoms with Crippen LogP contribution in [0.5, 0.6) is 0 Å². The Hall–Kier alpha value is -2.09. The van der Waals surface area contributed by atoms with Gasteiger partial charge in [-0.05, 0) is 43.9 Å². The van der Waals surface area contributed by atoms with Crippen LogP contribution in [0.15, 0.2) is 18.2 Å². The van der Waals surface area contributed by atoms with Crippen molar-refractivity contribution in [2.45, 2.75) is 51.7 Å². The van der Waals surface area contributed by atoms with Crippen LogP contribution in [0.2, 0.25) is 0 Å². The van der Waals surface area contributed by atoms with E-state index >= 15 is 0 Å². The van der Waals surface area contributed by atoms with E-state index in [1.807, 2.05) is 13.8 Å². The van der Waals surface area contributed by atoms with Crippen LogP contribution in [0.4, 0.5) is 18.9 Å². The van der Waals surface area contributed by atoms with Gasteiger partial charge in [-0.15, -0.1) is 0 Å². The molecule has 1 atom stereocenters. The molecule has 2 amide bonds. The summed E-state index contributed by atoms with van der Waals surface area (Å²) < 4.78 is 39.9. The number of benzene rings is 1. The van der Waals surface area contributed by atoms with Gasteiger partial charge in [-0.1, -0.05) is 13.8 Å². The Labute approximate surface area is 157 Å². The van der Waals surface area contributed by atoms with E-state index in [9.17, 15) is 22.8 Å². The van der Waals surface area contributed by atoms with Gasteiger partial charge in [0.2, 0.25) is 5.91 Å². The fourth-order valence-electron chi connectivity index (χ4n) is 3.42. The molecule has 1 aliphatic rings. The zero-order valence-corrected chi connectivity index (χ0v) is 15.8. The molecule has 3 N–H and O–H groups in total. The van der Waals surface area contributed by atoms with E-state index in [4.69, 9.17) is 5.73 Å². The smallest absolute Gasteiger partial charge is 0.346 e. The molecule has 1 heterocycles. The van der Waals surface area contributed by atoms with Crippen LogP contribution in [-0.4, -0.2) is 30.4 Å². The van der Waals surface area contributed by atoms with E-state index in [2.05, 4.69) is 5.32 Å². The number of nitrogens with two attached hydrogens (primary N) is 1. The Morgan fingerprint density at radius 3 is 2.44 bits per heavy atom. The molecule has 0 aliphatic carbocycles. The Morgan fingerprint density at radius 1 is 1.30 bits per heavy atom. The highest BCUT2D eigenvalue weighted by molar-refractivity contribution is 5.99. The third-order valence-corrected chi connectivity index (χ3v) is 4.62. The molecule has 1 saturated heterocycles. The van der Waals surface area contributed by atoms with E-state index in [0.29, 0.717) is 19.4 Å². The van der Waals surface area contributed by atoms with Crippen molar-refractivity contribution in [2.24, 2.45) is 11.7 Å². The van der Waals surface area contributed by atoms with Gasteiger partial charge in [-0.2, -0.15) is 13.2 Å². The summed E-state index contributed by atoms with van der Waals surface area (Å²) in [5, 5.41) is 2.76. The summed E-state index contributed by atoms with van der Waals surface area (Å²) >= 11 is 0. The van der Waals surface area contributed by atoms with E-state index < -0.39 is 23.2 Å². The predicted molar refractivity (Wildman–Crippen MR) is 97.4 cm³/mol. The predicted octanol–water partition coefficient (Wildman–Crippen LogP) is 3.33. The van der Waals surface area contributed by atoms with Gasteiger partial charge in [-0.25, -0.2) is 0 Å². The molecule has 0 spiro atoms. The lowest BCUT2D eigenvalue weighted by molar-refractivity contribution is -0.137. The van der Waals surface area contributed by atoms with Crippen LogP contribution in [0.3, 0.4) is 0 Å². The second kappa shape index (κ2) is 7.88. The molecule has 0 saturated carbocycles. The summed E-state index contributed by atoms with van der Waals surface area (Å²) in [5.74, 6) is -0.631. The zero-order valence-electron chi connectivity index (χ0n) is 15.8. The maximum absolute atomic E-state index is 13.3. The summed E-state index contributed by atoms with van der Waals surface area (Å²) in [4.78, 5) is 25.9. The summed E-state index contributed by atoms with van der Waals surface area (Å²) in [6.07, 6.45) is -3.16. The van der Waals surface area contributed by atoms with Crippen LogP contribution in [0, 0.1) is 5.92 Å². The number of amides is 2. The molecule has 0 bridgehead atoms. The van der Waals surface area contributed by atoms with Crippen molar-refractivity contribution < 1.29 is 22.8 Å². The van der Waals surface area contributed by atoms with Gasteiger partial charge in [-0.3, -0.25) is 9.59 Å². The van der Waals surface area contributed by atoms with E-state index in [1.54, 1.807) is 6.92 Å². The molecular weight excluding hydrogens is 359 g/mol. The molecular formula is C19H26F3N3O2. The average molecular weight is 385 g/mol. The van der Waals surface area contributed by atoms with Gasteiger partial charge in [0.25, 0.3) is 5.91 Å². The monoisotopic (exact) mass is 385 g/mol. The van der Waals surface area contributed by atoms with Crippen LogP contribution in [0.1, 0.15) is 56.0 Å². The fourth-order valence-corrected chi connectivity index (χ4v) is 3.42. The maximum Gasteiger partial charge on any atom is 0.416 e. The summed E-state index contributed by atoms with van der Waals surface area (Å²) in [7, 11) is 0. The number of rotatable bonds is 6. The molecule has 150 valence electrons. The quantitative estimate of drug-likeness (QED) is 0.789. The number of halogens is 3. The lowest BCUT2D eigenvalue weighted by Crippen LogP contribution is -2.52. The Bertz CT molecular complexity index is 719. The van der Waals surface area contributed by atoms with E-state index in [1.165, 1.54) is 11.0 Å². The molecule has 2 rings (SSSR count). The lowest BCUT2D eigenvalue weighted by atomic mass is 9.90. The standard InChI is InChI=1S/C19H26F3N3O2/c1-12(2)10-18(3,11-23)24-17(27)13-7-14(19(20,21)22)9-15(8-13)25-6-4-5-16(25)26/h7-9,12H,4-6,10-11,23H2,1-3H3,(H,24,27). The van der Waals surface area contributed by atoms with Gasteiger partial charge in [0.15, 0.2) is 0 Å². The molecule has 8 heteroatoms. The number of nitrogens with one attached hydrogen (secondary N) is 1. The van der Waals surface area contributed by atoms with Gasteiger partial charge in [0.1, 0.15) is 0 Å². The molecule has 5 nitrogen and oxygen atoms in total. The largest absolute Gasteiger partial charge is 0.416 e. The molecule has 1 aromatic rings. The minimum Gasteiger partial charge on any atom is -0.346 e. The van der Waals surface area contributed by atoms with Gasteiger partial charge < -0.3 is 16.0 Å². The SMILES string of the molecule is CC(C)CC(C)(CN)NC(=O)c1cc(N2CCCC2=O)cc(C(F)(F)F)c1. The minimum atomic E-state index is -4.62. The molecule has 0 aromatic heterocycles. The first-order valence-corrected chi connectivity index (χ1v) is 9.00. The number of hydrogen-bond acceptors (Lipinski definition) is 3. The Kier molecular flexibility index (Phi) is 6.19. The highest BCUT2D eigenvalue weighted by atomic mass is 19.4. The number of nitrogens with zero attached hydrogens (tertiary/aromatic N) is 1. The van der Waals surface area contributed by atoms with Crippen molar-refractivity contribution >= 4 is 17.5 Å². The first-order chi connectivity index (χ1) is 12.4. The first kappa shape index (κ1) is 21.2. The molecule has 1 aliphatic heterocycles. The second-order valence-electron chi connectivity index (χ2n) is 7.73. The number of carbonyl (C=O) groups excluding carboxylic acids is 2. The molecule has 1 unspecified atom stereocenters. The van der Waals surface area contributed by atoms with Crippen molar-refractivity contribution in [1.82, 2.24) is 5.32 Å². The van der Waals surface area contributed by atoms with Crippen LogP contribution in [-0.2, 0) is 11.0 Å². The summed E-state index contributed by atoms with van der Waals surface area (Å²) in [5.41, 5.74) is 4.05. The van der Waals surface area contributed by atoms with Crippen molar-refractivity contribution in [3.8, 4) is 0 Å². The highest BCUT2D eigenvalue weighted by Crippen LogP contribution is 2.34. The highest BCUT2D eigenvalue weighted by Gasteiger charge is 2.34.